The minimum Gasteiger partial charge on any atom is -0.464 e. The Morgan fingerprint density at radius 1 is 1.27 bits per heavy atom. The van der Waals surface area contributed by atoms with Crippen LogP contribution in [0.15, 0.2) is 42.5 Å². The van der Waals surface area contributed by atoms with Gasteiger partial charge in [0.15, 0.2) is 0 Å². The summed E-state index contributed by atoms with van der Waals surface area (Å²) in [5.41, 5.74) is 2.06. The third-order valence-electron chi connectivity index (χ3n) is 3.41. The predicted octanol–water partition coefficient (Wildman–Crippen LogP) is 3.25. The molecule has 0 amide bonds. The molecule has 0 aliphatic rings. The molecule has 0 aliphatic heterocycles. The van der Waals surface area contributed by atoms with Gasteiger partial charge in [-0.3, -0.25) is 0 Å². The van der Waals surface area contributed by atoms with E-state index in [-0.39, 0.29) is 17.6 Å². The van der Waals surface area contributed by atoms with Crippen LogP contribution in [-0.4, -0.2) is 18.1 Å². The average molecular weight is 302 g/mol. The highest BCUT2D eigenvalue weighted by atomic mass is 19.1. The number of methoxy groups -OCH3 is 1. The van der Waals surface area contributed by atoms with Crippen molar-refractivity contribution in [1.82, 2.24) is 10.3 Å². The van der Waals surface area contributed by atoms with Gasteiger partial charge in [0.2, 0.25) is 0 Å². The molecule has 0 aliphatic carbocycles. The minimum atomic E-state index is -0.451. The molecule has 1 N–H and O–H groups in total. The van der Waals surface area contributed by atoms with Gasteiger partial charge >= 0.3 is 5.97 Å². The van der Waals surface area contributed by atoms with Crippen molar-refractivity contribution in [1.29, 1.82) is 0 Å². The van der Waals surface area contributed by atoms with E-state index >= 15 is 0 Å². The molecule has 0 saturated carbocycles. The molecule has 2 rings (SSSR count). The van der Waals surface area contributed by atoms with Crippen LogP contribution in [0.3, 0.4) is 0 Å². The lowest BCUT2D eigenvalue weighted by Gasteiger charge is -2.17. The zero-order valence-electron chi connectivity index (χ0n) is 12.7. The largest absolute Gasteiger partial charge is 0.464 e. The van der Waals surface area contributed by atoms with Crippen LogP contribution in [0.5, 0.6) is 0 Å². The van der Waals surface area contributed by atoms with Crippen molar-refractivity contribution in [3.8, 4) is 0 Å². The van der Waals surface area contributed by atoms with E-state index in [9.17, 15) is 9.18 Å². The first kappa shape index (κ1) is 16.1. The average Bonchev–Trinajstić information content (AvgIpc) is 2.56. The second-order valence-corrected chi connectivity index (χ2v) is 4.90. The van der Waals surface area contributed by atoms with Crippen molar-refractivity contribution in [2.45, 2.75) is 25.9 Å². The summed E-state index contributed by atoms with van der Waals surface area (Å²) in [7, 11) is 1.33. The van der Waals surface area contributed by atoms with Gasteiger partial charge in [-0.05, 0) is 36.2 Å². The molecule has 1 heterocycles. The fraction of sp³-hybridized carbons (Fsp3) is 0.294. The second-order valence-electron chi connectivity index (χ2n) is 4.90. The third-order valence-corrected chi connectivity index (χ3v) is 3.41. The van der Waals surface area contributed by atoms with Gasteiger partial charge in [-0.2, -0.15) is 0 Å². The Morgan fingerprint density at radius 2 is 2.00 bits per heavy atom. The fourth-order valence-electron chi connectivity index (χ4n) is 2.22. The number of carbonyl (C=O) groups excluding carboxylic acids is 1. The lowest BCUT2D eigenvalue weighted by Crippen LogP contribution is -2.21. The number of ether oxygens (including phenoxy) is 1. The molecule has 0 spiro atoms. The first-order valence-corrected chi connectivity index (χ1v) is 7.17. The van der Waals surface area contributed by atoms with Gasteiger partial charge in [0.05, 0.1) is 12.8 Å². The topological polar surface area (TPSA) is 51.2 Å². The smallest absolute Gasteiger partial charge is 0.356 e. The van der Waals surface area contributed by atoms with Crippen LogP contribution >= 0.6 is 0 Å². The van der Waals surface area contributed by atoms with Crippen LogP contribution in [0.4, 0.5) is 4.39 Å². The monoisotopic (exact) mass is 302 g/mol. The van der Waals surface area contributed by atoms with Crippen molar-refractivity contribution in [2.75, 3.05) is 7.11 Å². The summed E-state index contributed by atoms with van der Waals surface area (Å²) in [6.07, 6.45) is 0.863. The highest BCUT2D eigenvalue weighted by Crippen LogP contribution is 2.17. The first-order chi connectivity index (χ1) is 10.6. The first-order valence-electron chi connectivity index (χ1n) is 7.17. The maximum Gasteiger partial charge on any atom is 0.356 e. The summed E-state index contributed by atoms with van der Waals surface area (Å²) in [4.78, 5) is 15.7. The Labute approximate surface area is 129 Å². The number of nitrogens with zero attached hydrogens (tertiary/aromatic N) is 1. The number of benzene rings is 1. The summed E-state index contributed by atoms with van der Waals surface area (Å²) in [6.45, 7) is 2.57. The van der Waals surface area contributed by atoms with Crippen LogP contribution in [0.2, 0.25) is 0 Å². The molecule has 5 heteroatoms. The lowest BCUT2D eigenvalue weighted by atomic mass is 10.0. The van der Waals surface area contributed by atoms with Crippen molar-refractivity contribution in [2.24, 2.45) is 0 Å². The molecule has 116 valence electrons. The van der Waals surface area contributed by atoms with Crippen LogP contribution in [-0.2, 0) is 11.3 Å². The lowest BCUT2D eigenvalue weighted by molar-refractivity contribution is 0.0593. The van der Waals surface area contributed by atoms with Crippen molar-refractivity contribution < 1.29 is 13.9 Å². The molecule has 4 nitrogen and oxygen atoms in total. The normalized spacial score (nSPS) is 12.0. The molecular formula is C17H19FN2O2. The van der Waals surface area contributed by atoms with E-state index in [0.29, 0.717) is 6.54 Å². The van der Waals surface area contributed by atoms with E-state index in [1.54, 1.807) is 24.3 Å². The molecular weight excluding hydrogens is 283 g/mol. The van der Waals surface area contributed by atoms with E-state index in [1.165, 1.54) is 19.2 Å². The molecule has 1 aromatic carbocycles. The maximum absolute atomic E-state index is 13.0. The van der Waals surface area contributed by atoms with E-state index in [0.717, 1.165) is 17.7 Å². The van der Waals surface area contributed by atoms with Gasteiger partial charge in [-0.15, -0.1) is 0 Å². The van der Waals surface area contributed by atoms with Crippen molar-refractivity contribution >= 4 is 5.97 Å². The molecule has 22 heavy (non-hydrogen) atoms. The SMILES string of the molecule is CCC(NCc1cccc(C(=O)OC)n1)c1ccc(F)cc1. The van der Waals surface area contributed by atoms with E-state index in [4.69, 9.17) is 0 Å². The quantitative estimate of drug-likeness (QED) is 0.832. The summed E-state index contributed by atoms with van der Waals surface area (Å²) in [6, 6.07) is 11.8. The van der Waals surface area contributed by atoms with Gasteiger partial charge in [-0.25, -0.2) is 14.2 Å². The number of halogens is 1. The van der Waals surface area contributed by atoms with Gasteiger partial charge < -0.3 is 10.1 Å². The maximum atomic E-state index is 13.0. The molecule has 1 aromatic heterocycles. The summed E-state index contributed by atoms with van der Waals surface area (Å²) in [5, 5.41) is 3.37. The highest BCUT2D eigenvalue weighted by Gasteiger charge is 2.11. The minimum absolute atomic E-state index is 0.101. The van der Waals surface area contributed by atoms with Crippen LogP contribution < -0.4 is 5.32 Å². The van der Waals surface area contributed by atoms with Gasteiger partial charge in [0.25, 0.3) is 0 Å². The van der Waals surface area contributed by atoms with E-state index in [2.05, 4.69) is 22.0 Å². The third kappa shape index (κ3) is 4.11. The Hall–Kier alpha value is -2.27. The number of pyridine rings is 1. The standard InChI is InChI=1S/C17H19FN2O2/c1-3-15(12-7-9-13(18)10-8-12)19-11-14-5-4-6-16(20-14)17(21)22-2/h4-10,15,19H,3,11H2,1-2H3. The zero-order valence-corrected chi connectivity index (χ0v) is 12.7. The number of aromatic nitrogens is 1. The second kappa shape index (κ2) is 7.66. The number of rotatable bonds is 6. The van der Waals surface area contributed by atoms with E-state index < -0.39 is 5.97 Å². The molecule has 1 unspecified atom stereocenters. The Balaban J connectivity index is 2.04. The Bertz CT molecular complexity index is 629. The number of esters is 1. The number of nitrogens with one attached hydrogen (secondary N) is 1. The molecule has 0 fully saturated rings. The number of hydrogen-bond donors (Lipinski definition) is 1. The summed E-state index contributed by atoms with van der Waals surface area (Å²) < 4.78 is 17.6. The molecule has 0 saturated heterocycles. The predicted molar refractivity (Wildman–Crippen MR) is 81.8 cm³/mol. The molecule has 1 atom stereocenters. The van der Waals surface area contributed by atoms with Gasteiger partial charge in [0, 0.05) is 12.6 Å². The van der Waals surface area contributed by atoms with Crippen LogP contribution in [0.25, 0.3) is 0 Å². The highest BCUT2D eigenvalue weighted by molar-refractivity contribution is 5.87. The summed E-state index contributed by atoms with van der Waals surface area (Å²) >= 11 is 0. The van der Waals surface area contributed by atoms with E-state index in [1.807, 2.05) is 6.07 Å². The molecule has 2 aromatic rings. The van der Waals surface area contributed by atoms with Gasteiger partial charge in [-0.1, -0.05) is 25.1 Å². The Morgan fingerprint density at radius 3 is 2.64 bits per heavy atom. The summed E-state index contributed by atoms with van der Waals surface area (Å²) in [5.74, 6) is -0.696. The fourth-order valence-corrected chi connectivity index (χ4v) is 2.22. The van der Waals surface area contributed by atoms with Crippen LogP contribution in [0.1, 0.15) is 41.1 Å². The van der Waals surface area contributed by atoms with Crippen molar-refractivity contribution in [3.63, 3.8) is 0 Å². The number of carbonyl (C=O) groups is 1. The zero-order chi connectivity index (χ0) is 15.9. The van der Waals surface area contributed by atoms with Crippen LogP contribution in [0, 0.1) is 5.82 Å². The Kier molecular flexibility index (Phi) is 5.61. The number of hydrogen-bond acceptors (Lipinski definition) is 4. The van der Waals surface area contributed by atoms with Gasteiger partial charge in [0.1, 0.15) is 11.5 Å². The van der Waals surface area contributed by atoms with Crippen molar-refractivity contribution in [3.05, 3.63) is 65.2 Å². The molecule has 0 bridgehead atoms. The molecule has 0 radical (unpaired) electrons.